The van der Waals surface area contributed by atoms with E-state index in [1.54, 1.807) is 18.5 Å². The minimum Gasteiger partial charge on any atom is -0.384 e. The second kappa shape index (κ2) is 5.75. The van der Waals surface area contributed by atoms with Crippen LogP contribution in [0.5, 0.6) is 0 Å². The second-order valence-electron chi connectivity index (χ2n) is 3.23. The molecular weight excluding hydrogens is 186 g/mol. The van der Waals surface area contributed by atoms with Gasteiger partial charge in [0.15, 0.2) is 0 Å². The SMILES string of the molecule is Cc1ccc(N)nc1.Cc1ccccn1. The van der Waals surface area contributed by atoms with Crippen molar-refractivity contribution in [2.45, 2.75) is 13.8 Å². The molecule has 2 aromatic rings. The molecule has 0 aliphatic heterocycles. The number of aryl methyl sites for hydroxylation is 2. The van der Waals surface area contributed by atoms with Crippen LogP contribution in [0.4, 0.5) is 5.82 Å². The Morgan fingerprint density at radius 2 is 1.80 bits per heavy atom. The Balaban J connectivity index is 0.000000151. The van der Waals surface area contributed by atoms with Crippen LogP contribution in [-0.2, 0) is 0 Å². The summed E-state index contributed by atoms with van der Waals surface area (Å²) >= 11 is 0. The lowest BCUT2D eigenvalue weighted by molar-refractivity contribution is 1.20. The summed E-state index contributed by atoms with van der Waals surface area (Å²) in [5.41, 5.74) is 7.53. The molecule has 15 heavy (non-hydrogen) atoms. The van der Waals surface area contributed by atoms with Crippen molar-refractivity contribution in [3.63, 3.8) is 0 Å². The lowest BCUT2D eigenvalue weighted by Gasteiger charge is -1.89. The summed E-state index contributed by atoms with van der Waals surface area (Å²) < 4.78 is 0. The normalized spacial score (nSPS) is 8.93. The fraction of sp³-hybridized carbons (Fsp3) is 0.167. The maximum absolute atomic E-state index is 5.32. The molecule has 3 heteroatoms. The highest BCUT2D eigenvalue weighted by atomic mass is 14.8. The van der Waals surface area contributed by atoms with Gasteiger partial charge in [-0.2, -0.15) is 0 Å². The molecule has 78 valence electrons. The van der Waals surface area contributed by atoms with Crippen molar-refractivity contribution in [2.75, 3.05) is 5.73 Å². The van der Waals surface area contributed by atoms with Gasteiger partial charge in [-0.05, 0) is 37.6 Å². The van der Waals surface area contributed by atoms with Crippen molar-refractivity contribution in [3.05, 3.63) is 54.0 Å². The van der Waals surface area contributed by atoms with Crippen LogP contribution >= 0.6 is 0 Å². The number of nitrogens with zero attached hydrogens (tertiary/aromatic N) is 2. The molecule has 2 heterocycles. The number of nitrogens with two attached hydrogens (primary N) is 1. The highest BCUT2D eigenvalue weighted by Gasteiger charge is 1.81. The van der Waals surface area contributed by atoms with Gasteiger partial charge in [-0.15, -0.1) is 0 Å². The van der Waals surface area contributed by atoms with Gasteiger partial charge in [-0.25, -0.2) is 4.98 Å². The van der Waals surface area contributed by atoms with Crippen LogP contribution in [0.2, 0.25) is 0 Å². The van der Waals surface area contributed by atoms with E-state index in [2.05, 4.69) is 9.97 Å². The minimum atomic E-state index is 0.579. The minimum absolute atomic E-state index is 0.579. The Bertz CT molecular complexity index is 360. The number of pyridine rings is 2. The molecule has 0 amide bonds. The van der Waals surface area contributed by atoms with E-state index < -0.39 is 0 Å². The van der Waals surface area contributed by atoms with Crippen LogP contribution in [-0.4, -0.2) is 9.97 Å². The van der Waals surface area contributed by atoms with Gasteiger partial charge >= 0.3 is 0 Å². The van der Waals surface area contributed by atoms with Crippen LogP contribution in [0.25, 0.3) is 0 Å². The Hall–Kier alpha value is -1.90. The first-order chi connectivity index (χ1) is 7.18. The van der Waals surface area contributed by atoms with Gasteiger partial charge in [0.1, 0.15) is 5.82 Å². The van der Waals surface area contributed by atoms with E-state index in [1.807, 2.05) is 38.1 Å². The number of anilines is 1. The van der Waals surface area contributed by atoms with Gasteiger partial charge < -0.3 is 5.73 Å². The van der Waals surface area contributed by atoms with Gasteiger partial charge in [0.25, 0.3) is 0 Å². The van der Waals surface area contributed by atoms with E-state index in [4.69, 9.17) is 5.73 Å². The molecule has 0 aromatic carbocycles. The van der Waals surface area contributed by atoms with Gasteiger partial charge in [0.2, 0.25) is 0 Å². The van der Waals surface area contributed by atoms with E-state index >= 15 is 0 Å². The van der Waals surface area contributed by atoms with Crippen LogP contribution in [0.1, 0.15) is 11.3 Å². The summed E-state index contributed by atoms with van der Waals surface area (Å²) in [6, 6.07) is 9.58. The smallest absolute Gasteiger partial charge is 0.123 e. The number of aromatic nitrogens is 2. The molecule has 0 radical (unpaired) electrons. The number of hydrogen-bond donors (Lipinski definition) is 1. The molecule has 0 unspecified atom stereocenters. The predicted molar refractivity (Wildman–Crippen MR) is 62.4 cm³/mol. The molecular formula is C12H15N3. The molecule has 0 atom stereocenters. The Labute approximate surface area is 90.0 Å². The van der Waals surface area contributed by atoms with E-state index in [-0.39, 0.29) is 0 Å². The van der Waals surface area contributed by atoms with Crippen molar-refractivity contribution in [1.82, 2.24) is 9.97 Å². The largest absolute Gasteiger partial charge is 0.384 e. The average Bonchev–Trinajstić information content (AvgIpc) is 2.25. The van der Waals surface area contributed by atoms with Gasteiger partial charge in [0, 0.05) is 18.1 Å². The summed E-state index contributed by atoms with van der Waals surface area (Å²) in [6.07, 6.45) is 3.53. The maximum atomic E-state index is 5.32. The first kappa shape index (κ1) is 11.2. The zero-order valence-electron chi connectivity index (χ0n) is 9.01. The molecule has 0 aliphatic carbocycles. The quantitative estimate of drug-likeness (QED) is 0.711. The molecule has 2 aromatic heterocycles. The highest BCUT2D eigenvalue weighted by Crippen LogP contribution is 1.97. The number of hydrogen-bond acceptors (Lipinski definition) is 3. The first-order valence-electron chi connectivity index (χ1n) is 4.74. The van der Waals surface area contributed by atoms with E-state index in [0.717, 1.165) is 11.3 Å². The summed E-state index contributed by atoms with van der Waals surface area (Å²) in [7, 11) is 0. The van der Waals surface area contributed by atoms with Crippen molar-refractivity contribution < 1.29 is 0 Å². The third-order valence-corrected chi connectivity index (χ3v) is 1.75. The third kappa shape index (κ3) is 4.76. The monoisotopic (exact) mass is 201 g/mol. The van der Waals surface area contributed by atoms with Crippen LogP contribution < -0.4 is 5.73 Å². The molecule has 0 bridgehead atoms. The Morgan fingerprint density at radius 1 is 1.00 bits per heavy atom. The standard InChI is InChI=1S/C6H8N2.C6H7N/c1-5-2-3-6(7)8-4-5;1-6-4-2-3-5-7-6/h2-4H,1H3,(H2,7,8);2-5H,1H3. The van der Waals surface area contributed by atoms with E-state index in [9.17, 15) is 0 Å². The number of rotatable bonds is 0. The zero-order valence-corrected chi connectivity index (χ0v) is 9.01. The average molecular weight is 201 g/mol. The molecule has 2 N–H and O–H groups in total. The van der Waals surface area contributed by atoms with Gasteiger partial charge in [-0.1, -0.05) is 12.1 Å². The molecule has 0 saturated carbocycles. The Morgan fingerprint density at radius 3 is 2.13 bits per heavy atom. The van der Waals surface area contributed by atoms with E-state index in [0.29, 0.717) is 5.82 Å². The van der Waals surface area contributed by atoms with Gasteiger partial charge in [-0.3, -0.25) is 4.98 Å². The topological polar surface area (TPSA) is 51.8 Å². The van der Waals surface area contributed by atoms with Gasteiger partial charge in [0.05, 0.1) is 0 Å². The predicted octanol–water partition coefficient (Wildman–Crippen LogP) is 2.36. The van der Waals surface area contributed by atoms with Crippen molar-refractivity contribution in [1.29, 1.82) is 0 Å². The zero-order chi connectivity index (χ0) is 11.1. The molecule has 0 spiro atoms. The highest BCUT2D eigenvalue weighted by molar-refractivity contribution is 5.28. The van der Waals surface area contributed by atoms with Crippen molar-refractivity contribution in [3.8, 4) is 0 Å². The molecule has 3 nitrogen and oxygen atoms in total. The molecule has 0 saturated heterocycles. The summed E-state index contributed by atoms with van der Waals surface area (Å²) in [4.78, 5) is 7.84. The molecule has 2 rings (SSSR count). The van der Waals surface area contributed by atoms with Crippen LogP contribution in [0.3, 0.4) is 0 Å². The summed E-state index contributed by atoms with van der Waals surface area (Å²) in [5, 5.41) is 0. The van der Waals surface area contributed by atoms with Crippen molar-refractivity contribution >= 4 is 5.82 Å². The van der Waals surface area contributed by atoms with Crippen molar-refractivity contribution in [2.24, 2.45) is 0 Å². The lowest BCUT2D eigenvalue weighted by Crippen LogP contribution is -1.87. The second-order valence-corrected chi connectivity index (χ2v) is 3.23. The van der Waals surface area contributed by atoms with Crippen LogP contribution in [0.15, 0.2) is 42.7 Å². The molecule has 0 fully saturated rings. The lowest BCUT2D eigenvalue weighted by atomic mass is 10.3. The Kier molecular flexibility index (Phi) is 4.29. The first-order valence-corrected chi connectivity index (χ1v) is 4.74. The fourth-order valence-corrected chi connectivity index (χ4v) is 0.927. The maximum Gasteiger partial charge on any atom is 0.123 e. The van der Waals surface area contributed by atoms with Crippen LogP contribution in [0, 0.1) is 13.8 Å². The van der Waals surface area contributed by atoms with E-state index in [1.165, 1.54) is 0 Å². The number of nitrogen functional groups attached to an aromatic ring is 1. The third-order valence-electron chi connectivity index (χ3n) is 1.75. The summed E-state index contributed by atoms with van der Waals surface area (Å²) in [5.74, 6) is 0.579. The molecule has 0 aliphatic rings. The summed E-state index contributed by atoms with van der Waals surface area (Å²) in [6.45, 7) is 3.95. The fourth-order valence-electron chi connectivity index (χ4n) is 0.927.